The van der Waals surface area contributed by atoms with Gasteiger partial charge in [0.25, 0.3) is 0 Å². The summed E-state index contributed by atoms with van der Waals surface area (Å²) in [6.45, 7) is 3.05. The molecule has 0 spiro atoms. The smallest absolute Gasteiger partial charge is 0.193 e. The molecule has 0 bridgehead atoms. The van der Waals surface area contributed by atoms with Gasteiger partial charge in [-0.05, 0) is 48.9 Å². The monoisotopic (exact) mass is 375 g/mol. The van der Waals surface area contributed by atoms with Crippen molar-refractivity contribution in [3.05, 3.63) is 24.3 Å². The molecule has 5 heteroatoms. The zero-order valence-corrected chi connectivity index (χ0v) is 13.8. The number of rotatable bonds is 5. The molecule has 19 heavy (non-hydrogen) atoms. The lowest BCUT2D eigenvalue weighted by atomic mass is 10.1. The van der Waals surface area contributed by atoms with E-state index in [2.05, 4.69) is 17.2 Å². The number of anilines is 1. The second kappa shape index (κ2) is 6.98. The van der Waals surface area contributed by atoms with Gasteiger partial charge in [-0.2, -0.15) is 0 Å². The lowest BCUT2D eigenvalue weighted by Gasteiger charge is -2.10. The summed E-state index contributed by atoms with van der Waals surface area (Å²) < 4.78 is 5.10. The molecule has 1 aromatic rings. The van der Waals surface area contributed by atoms with E-state index < -0.39 is 0 Å². The largest absolute Gasteiger partial charge is 0.497 e. The van der Waals surface area contributed by atoms with Crippen molar-refractivity contribution in [2.45, 2.75) is 26.2 Å². The molecule has 2 rings (SSSR count). The molecular weight excluding hydrogens is 353 g/mol. The number of hydrogen-bond donors (Lipinski definition) is 2. The summed E-state index contributed by atoms with van der Waals surface area (Å²) in [5.74, 6) is 1.32. The quantitative estimate of drug-likeness (QED) is 0.472. The zero-order valence-electron chi connectivity index (χ0n) is 11.5. The van der Waals surface area contributed by atoms with Crippen molar-refractivity contribution in [1.29, 1.82) is 0 Å². The molecule has 0 heterocycles. The number of aliphatic imine (C=N–C) groups is 1. The molecule has 1 aromatic carbocycles. The number of nitrogens with two attached hydrogens (primary N) is 1. The number of benzene rings is 1. The molecule has 1 aliphatic rings. The third-order valence-corrected chi connectivity index (χ3v) is 3.65. The fraction of sp³-hybridized carbons (Fsp3) is 0.500. The highest BCUT2D eigenvalue weighted by Crippen LogP contribution is 2.48. The molecule has 0 amide bonds. The minimum Gasteiger partial charge on any atom is -0.497 e. The van der Waals surface area contributed by atoms with Gasteiger partial charge in [-0.3, -0.25) is 4.99 Å². The molecular formula is C14H22IN3O. The van der Waals surface area contributed by atoms with E-state index in [9.17, 15) is 0 Å². The van der Waals surface area contributed by atoms with E-state index in [1.54, 1.807) is 7.11 Å². The Labute approximate surface area is 131 Å². The number of guanidine groups is 1. The van der Waals surface area contributed by atoms with Crippen LogP contribution in [-0.4, -0.2) is 19.6 Å². The van der Waals surface area contributed by atoms with Crippen molar-refractivity contribution in [3.63, 3.8) is 0 Å². The topological polar surface area (TPSA) is 59.6 Å². The molecule has 0 radical (unpaired) electrons. The normalized spacial score (nSPS) is 16.4. The number of halogens is 1. The molecule has 1 aliphatic carbocycles. The van der Waals surface area contributed by atoms with Gasteiger partial charge in [0.2, 0.25) is 0 Å². The van der Waals surface area contributed by atoms with E-state index >= 15 is 0 Å². The standard InChI is InChI=1S/C14H21N3O.HI/c1-3-14(8-9-14)10-16-13(15)17-11-4-6-12(18-2)7-5-11;/h4-7H,3,8-10H2,1-2H3,(H3,15,16,17);1H. The molecule has 1 saturated carbocycles. The Bertz CT molecular complexity index is 427. The van der Waals surface area contributed by atoms with Gasteiger partial charge in [-0.1, -0.05) is 6.92 Å². The fourth-order valence-corrected chi connectivity index (χ4v) is 1.91. The van der Waals surface area contributed by atoms with Crippen molar-refractivity contribution in [2.75, 3.05) is 19.0 Å². The number of methoxy groups -OCH3 is 1. The molecule has 1 fully saturated rings. The third-order valence-electron chi connectivity index (χ3n) is 3.65. The summed E-state index contributed by atoms with van der Waals surface area (Å²) in [6.07, 6.45) is 3.75. The molecule has 3 N–H and O–H groups in total. The van der Waals surface area contributed by atoms with Gasteiger partial charge in [-0.15, -0.1) is 24.0 Å². The van der Waals surface area contributed by atoms with Crippen LogP contribution in [0.5, 0.6) is 5.75 Å². The Hall–Kier alpha value is -0.980. The maximum Gasteiger partial charge on any atom is 0.193 e. The number of hydrogen-bond acceptors (Lipinski definition) is 2. The molecule has 0 unspecified atom stereocenters. The van der Waals surface area contributed by atoms with Crippen molar-refractivity contribution in [2.24, 2.45) is 16.1 Å². The van der Waals surface area contributed by atoms with Gasteiger partial charge in [0.1, 0.15) is 5.75 Å². The maximum atomic E-state index is 5.87. The van der Waals surface area contributed by atoms with Crippen molar-refractivity contribution in [1.82, 2.24) is 0 Å². The molecule has 0 aliphatic heterocycles. The van der Waals surface area contributed by atoms with Crippen LogP contribution in [0.3, 0.4) is 0 Å². The van der Waals surface area contributed by atoms with Crippen LogP contribution >= 0.6 is 24.0 Å². The molecule has 0 saturated heterocycles. The molecule has 4 nitrogen and oxygen atoms in total. The lowest BCUT2D eigenvalue weighted by Crippen LogP contribution is -2.24. The highest BCUT2D eigenvalue weighted by atomic mass is 127. The Morgan fingerprint density at radius 1 is 1.37 bits per heavy atom. The van der Waals surface area contributed by atoms with E-state index in [1.165, 1.54) is 19.3 Å². The Balaban J connectivity index is 0.00000180. The van der Waals surface area contributed by atoms with E-state index in [1.807, 2.05) is 24.3 Å². The summed E-state index contributed by atoms with van der Waals surface area (Å²) in [4.78, 5) is 4.42. The van der Waals surface area contributed by atoms with Gasteiger partial charge in [0.15, 0.2) is 5.96 Å². The first-order valence-electron chi connectivity index (χ1n) is 6.38. The summed E-state index contributed by atoms with van der Waals surface area (Å²) in [7, 11) is 1.65. The van der Waals surface area contributed by atoms with Gasteiger partial charge in [0.05, 0.1) is 7.11 Å². The average molecular weight is 375 g/mol. The second-order valence-corrected chi connectivity index (χ2v) is 4.91. The van der Waals surface area contributed by atoms with Crippen LogP contribution in [0.1, 0.15) is 26.2 Å². The van der Waals surface area contributed by atoms with Gasteiger partial charge in [0, 0.05) is 12.2 Å². The lowest BCUT2D eigenvalue weighted by molar-refractivity contribution is 0.415. The highest BCUT2D eigenvalue weighted by Gasteiger charge is 2.40. The SMILES string of the molecule is CCC1(CN=C(N)Nc2ccc(OC)cc2)CC1.I. The Morgan fingerprint density at radius 3 is 2.47 bits per heavy atom. The van der Waals surface area contributed by atoms with E-state index in [-0.39, 0.29) is 24.0 Å². The number of nitrogens with zero attached hydrogens (tertiary/aromatic N) is 1. The predicted octanol–water partition coefficient (Wildman–Crippen LogP) is 3.23. The summed E-state index contributed by atoms with van der Waals surface area (Å²) in [6, 6.07) is 7.63. The molecule has 0 atom stereocenters. The van der Waals surface area contributed by atoms with Crippen molar-refractivity contribution < 1.29 is 4.74 Å². The summed E-state index contributed by atoms with van der Waals surface area (Å²) in [5.41, 5.74) is 7.24. The first-order valence-corrected chi connectivity index (χ1v) is 6.38. The number of ether oxygens (including phenoxy) is 1. The van der Waals surface area contributed by atoms with Crippen LogP contribution in [0, 0.1) is 5.41 Å². The summed E-state index contributed by atoms with van der Waals surface area (Å²) in [5, 5.41) is 3.09. The van der Waals surface area contributed by atoms with Crippen LogP contribution < -0.4 is 15.8 Å². The molecule has 0 aromatic heterocycles. The minimum atomic E-state index is 0. The minimum absolute atomic E-state index is 0. The summed E-state index contributed by atoms with van der Waals surface area (Å²) >= 11 is 0. The predicted molar refractivity (Wildman–Crippen MR) is 90.5 cm³/mol. The third kappa shape index (κ3) is 4.56. The van der Waals surface area contributed by atoms with E-state index in [4.69, 9.17) is 10.5 Å². The van der Waals surface area contributed by atoms with E-state index in [0.29, 0.717) is 11.4 Å². The van der Waals surface area contributed by atoms with Crippen LogP contribution in [-0.2, 0) is 0 Å². The second-order valence-electron chi connectivity index (χ2n) is 4.91. The zero-order chi connectivity index (χ0) is 13.0. The van der Waals surface area contributed by atoms with Crippen LogP contribution in [0.4, 0.5) is 5.69 Å². The van der Waals surface area contributed by atoms with Gasteiger partial charge in [-0.25, -0.2) is 0 Å². The van der Waals surface area contributed by atoms with Gasteiger partial charge >= 0.3 is 0 Å². The maximum absolute atomic E-state index is 5.87. The first kappa shape index (κ1) is 16.1. The van der Waals surface area contributed by atoms with Crippen molar-refractivity contribution in [3.8, 4) is 5.75 Å². The first-order chi connectivity index (χ1) is 8.67. The van der Waals surface area contributed by atoms with E-state index in [0.717, 1.165) is 18.0 Å². The van der Waals surface area contributed by atoms with Crippen LogP contribution in [0.2, 0.25) is 0 Å². The fourth-order valence-electron chi connectivity index (χ4n) is 1.91. The average Bonchev–Trinajstić information content (AvgIpc) is 3.18. The van der Waals surface area contributed by atoms with Crippen LogP contribution in [0.15, 0.2) is 29.3 Å². The van der Waals surface area contributed by atoms with Crippen molar-refractivity contribution >= 4 is 35.6 Å². The highest BCUT2D eigenvalue weighted by molar-refractivity contribution is 14.0. The Kier molecular flexibility index (Phi) is 5.90. The van der Waals surface area contributed by atoms with Gasteiger partial charge < -0.3 is 15.8 Å². The van der Waals surface area contributed by atoms with Crippen LogP contribution in [0.25, 0.3) is 0 Å². The Morgan fingerprint density at radius 2 is 2.00 bits per heavy atom. The molecule has 106 valence electrons. The number of nitrogens with one attached hydrogen (secondary N) is 1.